The van der Waals surface area contributed by atoms with Crippen molar-refractivity contribution >= 4 is 35.6 Å². The first-order chi connectivity index (χ1) is 11.6. The van der Waals surface area contributed by atoms with E-state index in [1.54, 1.807) is 12.1 Å². The van der Waals surface area contributed by atoms with Gasteiger partial charge in [0.2, 0.25) is 5.91 Å². The molecule has 0 radical (unpaired) electrons. The number of primary amides is 1. The van der Waals surface area contributed by atoms with Crippen LogP contribution in [0.25, 0.3) is 0 Å². The van der Waals surface area contributed by atoms with Crippen molar-refractivity contribution in [3.63, 3.8) is 0 Å². The second-order valence-corrected chi connectivity index (χ2v) is 6.34. The van der Waals surface area contributed by atoms with Gasteiger partial charge in [-0.3, -0.25) is 9.59 Å². The number of anilines is 2. The highest BCUT2D eigenvalue weighted by molar-refractivity contribution is 6.00. The molecule has 2 heterocycles. The molecule has 2 saturated heterocycles. The highest BCUT2D eigenvalue weighted by Crippen LogP contribution is 2.31. The van der Waals surface area contributed by atoms with Gasteiger partial charge in [-0.2, -0.15) is 0 Å². The van der Waals surface area contributed by atoms with Crippen LogP contribution in [0.4, 0.5) is 11.4 Å². The molecule has 7 nitrogen and oxygen atoms in total. The zero-order valence-corrected chi connectivity index (χ0v) is 14.9. The van der Waals surface area contributed by atoms with E-state index in [1.807, 2.05) is 6.07 Å². The van der Waals surface area contributed by atoms with E-state index in [2.05, 4.69) is 10.2 Å². The van der Waals surface area contributed by atoms with E-state index in [-0.39, 0.29) is 24.4 Å². The number of carbonyl (C=O) groups is 2. The average Bonchev–Trinajstić information content (AvgIpc) is 3.26. The molecule has 1 aromatic rings. The summed E-state index contributed by atoms with van der Waals surface area (Å²) >= 11 is 0. The number of amides is 2. The van der Waals surface area contributed by atoms with E-state index in [4.69, 9.17) is 16.2 Å². The van der Waals surface area contributed by atoms with Crippen molar-refractivity contribution in [3.8, 4) is 0 Å². The molecule has 3 rings (SSSR count). The van der Waals surface area contributed by atoms with Gasteiger partial charge in [0.15, 0.2) is 0 Å². The fraction of sp³-hybridized carbons (Fsp3) is 0.529. The summed E-state index contributed by atoms with van der Waals surface area (Å²) in [7, 11) is 0. The first kappa shape index (κ1) is 19.5. The number of hydrogen-bond donors (Lipinski definition) is 3. The van der Waals surface area contributed by atoms with Gasteiger partial charge in [-0.15, -0.1) is 12.4 Å². The normalized spacial score (nSPS) is 22.5. The van der Waals surface area contributed by atoms with E-state index in [1.165, 1.54) is 0 Å². The molecule has 0 bridgehead atoms. The van der Waals surface area contributed by atoms with Crippen molar-refractivity contribution in [2.75, 3.05) is 29.9 Å². The van der Waals surface area contributed by atoms with Gasteiger partial charge in [0.05, 0.1) is 17.5 Å². The first-order valence-electron chi connectivity index (χ1n) is 8.43. The lowest BCUT2D eigenvalue weighted by Gasteiger charge is -2.23. The largest absolute Gasteiger partial charge is 0.370 e. The summed E-state index contributed by atoms with van der Waals surface area (Å²) in [5.74, 6) is -0.716. The number of rotatable bonds is 5. The van der Waals surface area contributed by atoms with Crippen LogP contribution < -0.4 is 21.7 Å². The molecule has 2 amide bonds. The molecule has 0 aromatic heterocycles. The Kier molecular flexibility index (Phi) is 6.64. The Hall–Kier alpha value is -1.83. The van der Waals surface area contributed by atoms with Crippen LogP contribution in [-0.4, -0.2) is 43.7 Å². The number of nitrogens with zero attached hydrogens (tertiary/aromatic N) is 1. The summed E-state index contributed by atoms with van der Waals surface area (Å²) in [5.41, 5.74) is 12.9. The number of ether oxygens (including phenoxy) is 1. The molecule has 25 heavy (non-hydrogen) atoms. The Morgan fingerprint density at radius 1 is 1.24 bits per heavy atom. The van der Waals surface area contributed by atoms with Gasteiger partial charge in [-0.1, -0.05) is 0 Å². The molecule has 8 heteroatoms. The maximum atomic E-state index is 12.5. The second kappa shape index (κ2) is 8.51. The Morgan fingerprint density at radius 3 is 2.56 bits per heavy atom. The number of carbonyl (C=O) groups excluding carboxylic acids is 2. The molecule has 2 aliphatic rings. The number of halogens is 1. The van der Waals surface area contributed by atoms with E-state index < -0.39 is 12.0 Å². The monoisotopic (exact) mass is 368 g/mol. The number of benzene rings is 1. The SMILES string of the molecule is Cl.NC[C@H]1CC[C@@H](C(=O)Nc2cc(C(N)=O)ccc2N2CCCC2)O1. The Bertz CT molecular complexity index is 634. The van der Waals surface area contributed by atoms with Gasteiger partial charge in [-0.05, 0) is 43.9 Å². The summed E-state index contributed by atoms with van der Waals surface area (Å²) in [4.78, 5) is 26.2. The van der Waals surface area contributed by atoms with Crippen molar-refractivity contribution in [3.05, 3.63) is 23.8 Å². The standard InChI is InChI=1S/C17H24N4O3.ClH/c18-10-12-4-6-15(24-12)17(23)20-13-9-11(16(19)22)3-5-14(13)21-7-1-2-8-21;/h3,5,9,12,15H,1-2,4,6-8,10,18H2,(H2,19,22)(H,20,23);1H/t12-,15+;/m1./s1. The number of nitrogens with one attached hydrogen (secondary N) is 1. The lowest BCUT2D eigenvalue weighted by molar-refractivity contribution is -0.126. The van der Waals surface area contributed by atoms with Crippen LogP contribution >= 0.6 is 12.4 Å². The fourth-order valence-corrected chi connectivity index (χ4v) is 3.31. The van der Waals surface area contributed by atoms with Crippen LogP contribution in [0.5, 0.6) is 0 Å². The molecule has 138 valence electrons. The summed E-state index contributed by atoms with van der Waals surface area (Å²) in [6, 6.07) is 5.19. The minimum atomic E-state index is -0.515. The predicted molar refractivity (Wildman–Crippen MR) is 99.2 cm³/mol. The van der Waals surface area contributed by atoms with Gasteiger partial charge < -0.3 is 26.4 Å². The molecular formula is C17H25ClN4O3. The van der Waals surface area contributed by atoms with E-state index in [9.17, 15) is 9.59 Å². The maximum absolute atomic E-state index is 12.5. The quantitative estimate of drug-likeness (QED) is 0.724. The molecule has 2 atom stereocenters. The minimum Gasteiger partial charge on any atom is -0.370 e. The highest BCUT2D eigenvalue weighted by Gasteiger charge is 2.30. The Labute approximate surface area is 153 Å². The Morgan fingerprint density at radius 2 is 1.96 bits per heavy atom. The summed E-state index contributed by atoms with van der Waals surface area (Å²) in [6.07, 6.45) is 3.12. The molecule has 2 aliphatic heterocycles. The maximum Gasteiger partial charge on any atom is 0.253 e. The van der Waals surface area contributed by atoms with Gasteiger partial charge in [0.1, 0.15) is 6.10 Å². The molecule has 0 aliphatic carbocycles. The Balaban J connectivity index is 0.00000225. The van der Waals surface area contributed by atoms with Gasteiger partial charge in [0, 0.05) is 25.2 Å². The van der Waals surface area contributed by atoms with Crippen LogP contribution in [0.1, 0.15) is 36.0 Å². The predicted octanol–water partition coefficient (Wildman–Crippen LogP) is 1.25. The minimum absolute atomic E-state index is 0. The van der Waals surface area contributed by atoms with Crippen LogP contribution in [0.2, 0.25) is 0 Å². The van der Waals surface area contributed by atoms with Crippen LogP contribution in [0.3, 0.4) is 0 Å². The van der Waals surface area contributed by atoms with Crippen LogP contribution in [-0.2, 0) is 9.53 Å². The summed E-state index contributed by atoms with van der Waals surface area (Å²) in [5, 5.41) is 2.92. The zero-order valence-electron chi connectivity index (χ0n) is 14.1. The van der Waals surface area contributed by atoms with Crippen LogP contribution in [0, 0.1) is 0 Å². The molecule has 5 N–H and O–H groups in total. The highest BCUT2D eigenvalue weighted by atomic mass is 35.5. The molecule has 1 aromatic carbocycles. The lowest BCUT2D eigenvalue weighted by Crippen LogP contribution is -2.31. The zero-order chi connectivity index (χ0) is 17.1. The average molecular weight is 369 g/mol. The van der Waals surface area contributed by atoms with E-state index in [0.717, 1.165) is 38.0 Å². The van der Waals surface area contributed by atoms with Crippen molar-refractivity contribution in [2.24, 2.45) is 11.5 Å². The van der Waals surface area contributed by atoms with E-state index in [0.29, 0.717) is 24.2 Å². The van der Waals surface area contributed by atoms with E-state index >= 15 is 0 Å². The number of nitrogens with two attached hydrogens (primary N) is 2. The molecule has 0 unspecified atom stereocenters. The van der Waals surface area contributed by atoms with Gasteiger partial charge >= 0.3 is 0 Å². The second-order valence-electron chi connectivity index (χ2n) is 6.34. The van der Waals surface area contributed by atoms with Gasteiger partial charge in [-0.25, -0.2) is 0 Å². The molecular weight excluding hydrogens is 344 g/mol. The van der Waals surface area contributed by atoms with Gasteiger partial charge in [0.25, 0.3) is 5.91 Å². The summed E-state index contributed by atoms with van der Waals surface area (Å²) in [6.45, 7) is 2.29. The number of hydrogen-bond acceptors (Lipinski definition) is 5. The lowest BCUT2D eigenvalue weighted by atomic mass is 10.1. The van der Waals surface area contributed by atoms with Crippen LogP contribution in [0.15, 0.2) is 18.2 Å². The molecule has 2 fully saturated rings. The first-order valence-corrected chi connectivity index (χ1v) is 8.43. The summed E-state index contributed by atoms with van der Waals surface area (Å²) < 4.78 is 5.65. The van der Waals surface area contributed by atoms with Crippen molar-refractivity contribution in [2.45, 2.75) is 37.9 Å². The third-order valence-electron chi connectivity index (χ3n) is 4.65. The third-order valence-corrected chi connectivity index (χ3v) is 4.65. The third kappa shape index (κ3) is 4.42. The smallest absolute Gasteiger partial charge is 0.253 e. The topological polar surface area (TPSA) is 111 Å². The van der Waals surface area contributed by atoms with Crippen molar-refractivity contribution in [1.29, 1.82) is 0 Å². The molecule has 0 spiro atoms. The van der Waals surface area contributed by atoms with Crippen molar-refractivity contribution < 1.29 is 14.3 Å². The molecule has 0 saturated carbocycles. The van der Waals surface area contributed by atoms with Crippen molar-refractivity contribution in [1.82, 2.24) is 0 Å². The fourth-order valence-electron chi connectivity index (χ4n) is 3.31.